The SMILES string of the molecule is C=C(C)C[C@@H](N)c1cccc(OCC)c1O. The summed E-state index contributed by atoms with van der Waals surface area (Å²) in [5.41, 5.74) is 7.68. The van der Waals surface area contributed by atoms with Gasteiger partial charge in [0.25, 0.3) is 0 Å². The lowest BCUT2D eigenvalue weighted by Crippen LogP contribution is -2.11. The third-order valence-corrected chi connectivity index (χ3v) is 2.30. The van der Waals surface area contributed by atoms with E-state index >= 15 is 0 Å². The minimum atomic E-state index is -0.238. The molecule has 0 aliphatic heterocycles. The third kappa shape index (κ3) is 3.00. The summed E-state index contributed by atoms with van der Waals surface area (Å²) in [6.07, 6.45) is 0.656. The Kier molecular flexibility index (Phi) is 4.38. The lowest BCUT2D eigenvalue weighted by Gasteiger charge is -2.15. The number of phenols is 1. The van der Waals surface area contributed by atoms with Crippen LogP contribution in [0.5, 0.6) is 11.5 Å². The summed E-state index contributed by atoms with van der Waals surface area (Å²) in [4.78, 5) is 0. The van der Waals surface area contributed by atoms with Crippen LogP contribution < -0.4 is 10.5 Å². The predicted octanol–water partition coefficient (Wildman–Crippen LogP) is 2.76. The van der Waals surface area contributed by atoms with Gasteiger partial charge in [-0.1, -0.05) is 17.7 Å². The van der Waals surface area contributed by atoms with Crippen molar-refractivity contribution in [1.29, 1.82) is 0 Å². The molecular formula is C13H19NO2. The van der Waals surface area contributed by atoms with Crippen LogP contribution in [0.2, 0.25) is 0 Å². The number of para-hydroxylation sites is 1. The van der Waals surface area contributed by atoms with Gasteiger partial charge in [-0.3, -0.25) is 0 Å². The molecule has 0 radical (unpaired) electrons. The average Bonchev–Trinajstić information content (AvgIpc) is 2.20. The molecular weight excluding hydrogens is 202 g/mol. The fourth-order valence-corrected chi connectivity index (χ4v) is 1.60. The number of nitrogens with two attached hydrogens (primary N) is 1. The number of phenolic OH excluding ortho intramolecular Hbond substituents is 1. The zero-order valence-corrected chi connectivity index (χ0v) is 9.86. The molecule has 0 fully saturated rings. The third-order valence-electron chi connectivity index (χ3n) is 2.30. The molecule has 88 valence electrons. The lowest BCUT2D eigenvalue weighted by atomic mass is 10.00. The molecule has 1 atom stereocenters. The Morgan fingerprint density at radius 2 is 2.25 bits per heavy atom. The summed E-state index contributed by atoms with van der Waals surface area (Å²) >= 11 is 0. The van der Waals surface area contributed by atoms with Crippen molar-refractivity contribution in [2.45, 2.75) is 26.3 Å². The molecule has 0 aromatic heterocycles. The van der Waals surface area contributed by atoms with Crippen LogP contribution in [0.15, 0.2) is 30.4 Å². The number of ether oxygens (including phenoxy) is 1. The first-order valence-corrected chi connectivity index (χ1v) is 5.40. The van der Waals surface area contributed by atoms with Crippen LogP contribution in [0.3, 0.4) is 0 Å². The lowest BCUT2D eigenvalue weighted by molar-refractivity contribution is 0.315. The topological polar surface area (TPSA) is 55.5 Å². The van der Waals surface area contributed by atoms with Crippen molar-refractivity contribution < 1.29 is 9.84 Å². The van der Waals surface area contributed by atoms with Crippen molar-refractivity contribution >= 4 is 0 Å². The molecule has 16 heavy (non-hydrogen) atoms. The molecule has 3 N–H and O–H groups in total. The summed E-state index contributed by atoms with van der Waals surface area (Å²) in [6.45, 7) is 8.13. The predicted molar refractivity (Wildman–Crippen MR) is 65.6 cm³/mol. The van der Waals surface area contributed by atoms with E-state index in [4.69, 9.17) is 10.5 Å². The number of benzene rings is 1. The Bertz CT molecular complexity index is 374. The van der Waals surface area contributed by atoms with Gasteiger partial charge in [0.15, 0.2) is 11.5 Å². The van der Waals surface area contributed by atoms with Gasteiger partial charge in [-0.15, -0.1) is 6.58 Å². The van der Waals surface area contributed by atoms with E-state index in [1.165, 1.54) is 0 Å². The second-order valence-corrected chi connectivity index (χ2v) is 3.89. The van der Waals surface area contributed by atoms with E-state index in [0.717, 1.165) is 5.57 Å². The maximum Gasteiger partial charge on any atom is 0.162 e. The molecule has 0 aliphatic carbocycles. The van der Waals surface area contributed by atoms with Crippen molar-refractivity contribution in [1.82, 2.24) is 0 Å². The Balaban J connectivity index is 2.95. The highest BCUT2D eigenvalue weighted by Gasteiger charge is 2.14. The van der Waals surface area contributed by atoms with Gasteiger partial charge in [-0.05, 0) is 26.3 Å². The van der Waals surface area contributed by atoms with Crippen LogP contribution in [0.1, 0.15) is 31.9 Å². The standard InChI is InChI=1S/C13H19NO2/c1-4-16-12-7-5-6-10(13(12)15)11(14)8-9(2)3/h5-7,11,15H,2,4,8,14H2,1,3H3/t11-/m1/s1. The van der Waals surface area contributed by atoms with Gasteiger partial charge < -0.3 is 15.6 Å². The van der Waals surface area contributed by atoms with Crippen LogP contribution >= 0.6 is 0 Å². The van der Waals surface area contributed by atoms with E-state index < -0.39 is 0 Å². The van der Waals surface area contributed by atoms with E-state index in [-0.39, 0.29) is 11.8 Å². The number of hydrogen-bond acceptors (Lipinski definition) is 3. The second kappa shape index (κ2) is 5.56. The molecule has 3 heteroatoms. The van der Waals surface area contributed by atoms with Crippen molar-refractivity contribution in [2.75, 3.05) is 6.61 Å². The highest BCUT2D eigenvalue weighted by Crippen LogP contribution is 2.34. The monoisotopic (exact) mass is 221 g/mol. The Morgan fingerprint density at radius 1 is 1.56 bits per heavy atom. The Labute approximate surface area is 96.5 Å². The summed E-state index contributed by atoms with van der Waals surface area (Å²) in [7, 11) is 0. The maximum absolute atomic E-state index is 9.97. The van der Waals surface area contributed by atoms with Crippen LogP contribution in [-0.4, -0.2) is 11.7 Å². The van der Waals surface area contributed by atoms with E-state index in [9.17, 15) is 5.11 Å². The van der Waals surface area contributed by atoms with E-state index in [1.54, 1.807) is 6.07 Å². The number of rotatable bonds is 5. The van der Waals surface area contributed by atoms with Crippen LogP contribution in [0, 0.1) is 0 Å². The van der Waals surface area contributed by atoms with Gasteiger partial charge in [0.05, 0.1) is 6.61 Å². The van der Waals surface area contributed by atoms with Gasteiger partial charge in [-0.25, -0.2) is 0 Å². The fourth-order valence-electron chi connectivity index (χ4n) is 1.60. The normalized spacial score (nSPS) is 12.2. The second-order valence-electron chi connectivity index (χ2n) is 3.89. The fraction of sp³-hybridized carbons (Fsp3) is 0.385. The summed E-state index contributed by atoms with van der Waals surface area (Å²) < 4.78 is 5.30. The number of aromatic hydroxyl groups is 1. The van der Waals surface area contributed by atoms with Crippen molar-refractivity contribution in [3.8, 4) is 11.5 Å². The average molecular weight is 221 g/mol. The van der Waals surface area contributed by atoms with E-state index in [1.807, 2.05) is 26.0 Å². The van der Waals surface area contributed by atoms with E-state index in [2.05, 4.69) is 6.58 Å². The maximum atomic E-state index is 9.97. The van der Waals surface area contributed by atoms with Gasteiger partial charge in [0.1, 0.15) is 0 Å². The molecule has 1 aromatic rings. The summed E-state index contributed by atoms with van der Waals surface area (Å²) in [5.74, 6) is 0.621. The smallest absolute Gasteiger partial charge is 0.162 e. The number of hydrogen-bond donors (Lipinski definition) is 2. The molecule has 1 aromatic carbocycles. The first-order valence-electron chi connectivity index (χ1n) is 5.40. The van der Waals surface area contributed by atoms with Crippen LogP contribution in [0.4, 0.5) is 0 Å². The summed E-state index contributed by atoms with van der Waals surface area (Å²) in [6, 6.07) is 5.14. The first kappa shape index (κ1) is 12.6. The highest BCUT2D eigenvalue weighted by atomic mass is 16.5. The molecule has 0 heterocycles. The quantitative estimate of drug-likeness (QED) is 0.752. The molecule has 0 bridgehead atoms. The molecule has 3 nitrogen and oxygen atoms in total. The van der Waals surface area contributed by atoms with Crippen LogP contribution in [-0.2, 0) is 0 Å². The highest BCUT2D eigenvalue weighted by molar-refractivity contribution is 5.47. The van der Waals surface area contributed by atoms with Crippen molar-refractivity contribution in [3.05, 3.63) is 35.9 Å². The minimum Gasteiger partial charge on any atom is -0.504 e. The van der Waals surface area contributed by atoms with Gasteiger partial charge in [0.2, 0.25) is 0 Å². The molecule has 0 aliphatic rings. The Morgan fingerprint density at radius 3 is 2.81 bits per heavy atom. The molecule has 0 spiro atoms. The molecule has 0 saturated carbocycles. The van der Waals surface area contributed by atoms with Crippen LogP contribution in [0.25, 0.3) is 0 Å². The van der Waals surface area contributed by atoms with Crippen molar-refractivity contribution in [2.24, 2.45) is 5.73 Å². The molecule has 0 saturated heterocycles. The zero-order valence-electron chi connectivity index (χ0n) is 9.86. The first-order chi connectivity index (χ1) is 7.56. The van der Waals surface area contributed by atoms with Gasteiger partial charge in [-0.2, -0.15) is 0 Å². The van der Waals surface area contributed by atoms with Gasteiger partial charge in [0, 0.05) is 11.6 Å². The largest absolute Gasteiger partial charge is 0.504 e. The Hall–Kier alpha value is -1.48. The molecule has 1 rings (SSSR count). The zero-order chi connectivity index (χ0) is 12.1. The minimum absolute atomic E-state index is 0.137. The molecule has 0 amide bonds. The van der Waals surface area contributed by atoms with E-state index in [0.29, 0.717) is 24.3 Å². The van der Waals surface area contributed by atoms with Gasteiger partial charge >= 0.3 is 0 Å². The summed E-state index contributed by atoms with van der Waals surface area (Å²) in [5, 5.41) is 9.97. The van der Waals surface area contributed by atoms with Crippen molar-refractivity contribution in [3.63, 3.8) is 0 Å². The molecule has 0 unspecified atom stereocenters.